The van der Waals surface area contributed by atoms with Crippen molar-refractivity contribution >= 4 is 23.0 Å². The number of β-amino-alcohol motifs (C(OH)–C–C–N with tert-alkyl or cyclic N) is 1. The molecule has 8 heteroatoms. The number of fused-ring (bicyclic) bond motifs is 1. The van der Waals surface area contributed by atoms with Gasteiger partial charge in [-0.1, -0.05) is 17.3 Å². The van der Waals surface area contributed by atoms with E-state index in [1.165, 1.54) is 0 Å². The monoisotopic (exact) mass is 304 g/mol. The number of amides is 3. The highest BCUT2D eigenvalue weighted by atomic mass is 16.3. The lowest BCUT2D eigenvalue weighted by atomic mass is 10.1. The first-order valence-electron chi connectivity index (χ1n) is 7.03. The van der Waals surface area contributed by atoms with Crippen molar-refractivity contribution in [1.82, 2.24) is 20.5 Å². The fourth-order valence-corrected chi connectivity index (χ4v) is 2.56. The first-order valence-corrected chi connectivity index (χ1v) is 7.03. The predicted octanol–water partition coefficient (Wildman–Crippen LogP) is -0.458. The van der Waals surface area contributed by atoms with Gasteiger partial charge in [-0.05, 0) is 26.0 Å². The fraction of sp³-hybridized carbons (Fsp3) is 0.429. The molecule has 3 rings (SSSR count). The maximum atomic E-state index is 12.1. The number of nitrogens with zero attached hydrogens (tertiary/aromatic N) is 3. The van der Waals surface area contributed by atoms with Gasteiger partial charge < -0.3 is 10.4 Å². The number of imide groups is 1. The van der Waals surface area contributed by atoms with E-state index in [0.29, 0.717) is 0 Å². The molecule has 3 N–H and O–H groups in total. The van der Waals surface area contributed by atoms with E-state index < -0.39 is 17.7 Å². The predicted molar refractivity (Wildman–Crippen MR) is 76.6 cm³/mol. The molecule has 1 aromatic heterocycles. The topological polar surface area (TPSA) is 102 Å². The molecule has 3 amide bonds. The smallest absolute Gasteiger partial charge is 0.325 e. The highest BCUT2D eigenvalue weighted by Gasteiger charge is 2.44. The van der Waals surface area contributed by atoms with Crippen LogP contribution >= 0.6 is 0 Å². The molecule has 2 heterocycles. The minimum atomic E-state index is -0.926. The fourth-order valence-electron chi connectivity index (χ4n) is 2.56. The molecule has 1 unspecified atom stereocenters. The first-order chi connectivity index (χ1) is 10.4. The van der Waals surface area contributed by atoms with Gasteiger partial charge in [0.05, 0.1) is 6.54 Å². The number of nitrogens with one attached hydrogen (secondary N) is 2. The summed E-state index contributed by atoms with van der Waals surface area (Å²) in [6, 6.07) is 7.00. The van der Waals surface area contributed by atoms with Crippen molar-refractivity contribution in [3.05, 3.63) is 24.3 Å². The lowest BCUT2D eigenvalue weighted by molar-refractivity contribution is -0.736. The zero-order chi connectivity index (χ0) is 15.9. The summed E-state index contributed by atoms with van der Waals surface area (Å²) >= 11 is 0. The van der Waals surface area contributed by atoms with Crippen molar-refractivity contribution in [1.29, 1.82) is 0 Å². The Balaban J connectivity index is 1.72. The Bertz CT molecular complexity index is 739. The van der Waals surface area contributed by atoms with Crippen molar-refractivity contribution in [2.75, 3.05) is 6.54 Å². The van der Waals surface area contributed by atoms with Crippen molar-refractivity contribution in [2.45, 2.75) is 32.0 Å². The third kappa shape index (κ3) is 2.41. The number of para-hydroxylation sites is 2. The summed E-state index contributed by atoms with van der Waals surface area (Å²) < 4.78 is 1.68. The SMILES string of the molecule is CC1(C)NC(=O)N(CC(O)C[n+]2[nH]nc3ccccc32)C1=O. The molecular weight excluding hydrogens is 286 g/mol. The Morgan fingerprint density at radius 2 is 2.09 bits per heavy atom. The Labute approximate surface area is 126 Å². The molecule has 1 saturated heterocycles. The van der Waals surface area contributed by atoms with Gasteiger partial charge in [-0.3, -0.25) is 9.69 Å². The summed E-state index contributed by atoms with van der Waals surface area (Å²) in [5.74, 6) is -0.337. The molecule has 1 aliphatic rings. The maximum absolute atomic E-state index is 12.1. The van der Waals surface area contributed by atoms with Gasteiger partial charge in [0.25, 0.3) is 5.91 Å². The second-order valence-electron chi connectivity index (χ2n) is 5.94. The molecule has 1 atom stereocenters. The van der Waals surface area contributed by atoms with Crippen LogP contribution in [-0.2, 0) is 11.3 Å². The average Bonchev–Trinajstić information content (AvgIpc) is 2.94. The first kappa shape index (κ1) is 14.5. The summed E-state index contributed by atoms with van der Waals surface area (Å²) in [5, 5.41) is 19.7. The molecule has 0 saturated carbocycles. The lowest BCUT2D eigenvalue weighted by Crippen LogP contribution is -2.48. The number of hydrogen-bond donors (Lipinski definition) is 3. The third-order valence-corrected chi connectivity index (χ3v) is 3.69. The van der Waals surface area contributed by atoms with Crippen LogP contribution in [0.5, 0.6) is 0 Å². The number of carbonyl (C=O) groups excluding carboxylic acids is 2. The summed E-state index contributed by atoms with van der Waals surface area (Å²) in [4.78, 5) is 24.9. The van der Waals surface area contributed by atoms with E-state index in [1.807, 2.05) is 24.3 Å². The van der Waals surface area contributed by atoms with Gasteiger partial charge in [-0.2, -0.15) is 4.68 Å². The van der Waals surface area contributed by atoms with Crippen LogP contribution in [0, 0.1) is 0 Å². The van der Waals surface area contributed by atoms with Crippen molar-refractivity contribution < 1.29 is 19.4 Å². The standard InChI is InChI=1S/C14H17N5O3/c1-14(2)12(21)18(13(22)15-14)7-9(20)8-19-11-6-4-3-5-10(11)16-17-19/h3-6,9,20H,7-8H2,1-2H3,(H,15,22)/p+1. The van der Waals surface area contributed by atoms with Gasteiger partial charge in [-0.15, -0.1) is 0 Å². The average molecular weight is 304 g/mol. The Morgan fingerprint density at radius 3 is 2.77 bits per heavy atom. The summed E-state index contributed by atoms with van der Waals surface area (Å²) in [6.07, 6.45) is -0.891. The summed E-state index contributed by atoms with van der Waals surface area (Å²) in [5.41, 5.74) is 0.704. The van der Waals surface area contributed by atoms with Crippen LogP contribution in [0.25, 0.3) is 11.0 Å². The van der Waals surface area contributed by atoms with E-state index in [0.717, 1.165) is 15.9 Å². The largest absolute Gasteiger partial charge is 0.387 e. The molecule has 2 aromatic rings. The molecule has 22 heavy (non-hydrogen) atoms. The van der Waals surface area contributed by atoms with Crippen LogP contribution in [0.2, 0.25) is 0 Å². The molecule has 0 radical (unpaired) electrons. The Hall–Kier alpha value is -2.48. The third-order valence-electron chi connectivity index (χ3n) is 3.69. The second-order valence-corrected chi connectivity index (χ2v) is 5.94. The quantitative estimate of drug-likeness (QED) is 0.525. The summed E-state index contributed by atoms with van der Waals surface area (Å²) in [7, 11) is 0. The van der Waals surface area contributed by atoms with E-state index in [1.54, 1.807) is 18.5 Å². The lowest BCUT2D eigenvalue weighted by Gasteiger charge is -2.18. The van der Waals surface area contributed by atoms with Crippen molar-refractivity contribution in [3.8, 4) is 0 Å². The van der Waals surface area contributed by atoms with E-state index in [9.17, 15) is 14.7 Å². The van der Waals surface area contributed by atoms with E-state index in [2.05, 4.69) is 15.6 Å². The van der Waals surface area contributed by atoms with E-state index in [4.69, 9.17) is 0 Å². The van der Waals surface area contributed by atoms with Crippen LogP contribution < -0.4 is 10.00 Å². The van der Waals surface area contributed by atoms with E-state index in [-0.39, 0.29) is 19.0 Å². The minimum Gasteiger partial charge on any atom is -0.387 e. The number of carbonyl (C=O) groups is 2. The number of hydrogen-bond acceptors (Lipinski definition) is 4. The van der Waals surface area contributed by atoms with Crippen LogP contribution in [0.3, 0.4) is 0 Å². The zero-order valence-corrected chi connectivity index (χ0v) is 12.4. The molecule has 1 aliphatic heterocycles. The second kappa shape index (κ2) is 5.06. The van der Waals surface area contributed by atoms with Crippen molar-refractivity contribution in [2.24, 2.45) is 0 Å². The normalized spacial score (nSPS) is 18.8. The molecule has 1 fully saturated rings. The van der Waals surface area contributed by atoms with Crippen LogP contribution in [0.4, 0.5) is 4.79 Å². The Morgan fingerprint density at radius 1 is 1.36 bits per heavy atom. The van der Waals surface area contributed by atoms with Crippen LogP contribution in [-0.4, -0.2) is 50.4 Å². The highest BCUT2D eigenvalue weighted by molar-refractivity contribution is 6.06. The summed E-state index contributed by atoms with van der Waals surface area (Å²) in [6.45, 7) is 3.42. The van der Waals surface area contributed by atoms with Gasteiger partial charge in [-0.25, -0.2) is 4.79 Å². The maximum Gasteiger partial charge on any atom is 0.325 e. The van der Waals surface area contributed by atoms with E-state index >= 15 is 0 Å². The number of H-pyrrole nitrogens is 1. The van der Waals surface area contributed by atoms with Crippen LogP contribution in [0.15, 0.2) is 24.3 Å². The molecule has 8 nitrogen and oxygen atoms in total. The number of aliphatic hydroxyl groups excluding tert-OH is 1. The van der Waals surface area contributed by atoms with Gasteiger partial charge >= 0.3 is 6.03 Å². The molecule has 0 bridgehead atoms. The zero-order valence-electron chi connectivity index (χ0n) is 12.4. The molecule has 1 aromatic carbocycles. The van der Waals surface area contributed by atoms with Gasteiger partial charge in [0.2, 0.25) is 11.0 Å². The number of rotatable bonds is 4. The number of benzene rings is 1. The number of aliphatic hydroxyl groups is 1. The van der Waals surface area contributed by atoms with Gasteiger partial charge in [0, 0.05) is 5.10 Å². The Kier molecular flexibility index (Phi) is 3.32. The molecule has 0 aliphatic carbocycles. The van der Waals surface area contributed by atoms with Gasteiger partial charge in [0.1, 0.15) is 18.2 Å². The van der Waals surface area contributed by atoms with Crippen LogP contribution in [0.1, 0.15) is 13.8 Å². The highest BCUT2D eigenvalue weighted by Crippen LogP contribution is 2.16. The molecular formula is C14H18N5O3+. The van der Waals surface area contributed by atoms with Gasteiger partial charge in [0.15, 0.2) is 0 Å². The molecule has 116 valence electrons. The molecule has 0 spiro atoms. The number of urea groups is 1. The van der Waals surface area contributed by atoms with Crippen molar-refractivity contribution in [3.63, 3.8) is 0 Å². The number of aromatic amines is 1. The number of aromatic nitrogens is 3. The minimum absolute atomic E-state index is 0.0611.